The lowest BCUT2D eigenvalue weighted by Crippen LogP contribution is -2.30. The van der Waals surface area contributed by atoms with E-state index in [0.29, 0.717) is 29.3 Å². The number of hydrogen-bond donors (Lipinski definition) is 1. The maximum Gasteiger partial charge on any atom is 0.225 e. The van der Waals surface area contributed by atoms with Gasteiger partial charge in [0.2, 0.25) is 5.91 Å². The highest BCUT2D eigenvalue weighted by Crippen LogP contribution is 2.25. The summed E-state index contributed by atoms with van der Waals surface area (Å²) in [5.74, 6) is 0.652. The Bertz CT molecular complexity index is 715. The molecule has 1 saturated heterocycles. The number of nitrogens with one attached hydrogen (secondary N) is 1. The van der Waals surface area contributed by atoms with Crippen LogP contribution in [0.25, 0.3) is 11.1 Å². The van der Waals surface area contributed by atoms with E-state index in [9.17, 15) is 9.18 Å². The van der Waals surface area contributed by atoms with Gasteiger partial charge in [0.15, 0.2) is 0 Å². The first-order chi connectivity index (χ1) is 12.2. The zero-order valence-corrected chi connectivity index (χ0v) is 15.1. The Morgan fingerprint density at radius 3 is 2.68 bits per heavy atom. The standard InChI is InChI=1S/C19H22FN3OS/c1-25-23-10-8-14(9-11-23)12-19(24)22-18-7-6-15(13-21-18)16-4-2-3-5-17(16)20/h2-7,13-14H,8-12H2,1H3,(H,21,22,24). The molecule has 0 unspecified atom stereocenters. The van der Waals surface area contributed by atoms with Crippen molar-refractivity contribution in [3.8, 4) is 11.1 Å². The van der Waals surface area contributed by atoms with Crippen LogP contribution >= 0.6 is 11.9 Å². The number of hydrogen-bond acceptors (Lipinski definition) is 4. The number of nitrogens with zero attached hydrogens (tertiary/aromatic N) is 2. The highest BCUT2D eigenvalue weighted by atomic mass is 32.2. The molecular formula is C19H22FN3OS. The van der Waals surface area contributed by atoms with Crippen LogP contribution in [-0.2, 0) is 4.79 Å². The smallest absolute Gasteiger partial charge is 0.225 e. The number of aromatic nitrogens is 1. The predicted molar refractivity (Wildman–Crippen MR) is 101 cm³/mol. The number of piperidine rings is 1. The largest absolute Gasteiger partial charge is 0.311 e. The second kappa shape index (κ2) is 8.45. The van der Waals surface area contributed by atoms with Gasteiger partial charge in [-0.25, -0.2) is 9.37 Å². The molecule has 3 rings (SSSR count). The third kappa shape index (κ3) is 4.80. The van der Waals surface area contributed by atoms with Crippen LogP contribution in [0, 0.1) is 11.7 Å². The van der Waals surface area contributed by atoms with Crippen LogP contribution in [-0.4, -0.2) is 34.5 Å². The quantitative estimate of drug-likeness (QED) is 0.813. The summed E-state index contributed by atoms with van der Waals surface area (Å²) in [7, 11) is 0. The average Bonchev–Trinajstić information content (AvgIpc) is 2.63. The SMILES string of the molecule is CSN1CCC(CC(=O)Nc2ccc(-c3ccccc3F)cn2)CC1. The molecule has 0 saturated carbocycles. The first-order valence-corrected chi connectivity index (χ1v) is 9.63. The second-order valence-corrected chi connectivity index (χ2v) is 7.10. The molecule has 1 amide bonds. The summed E-state index contributed by atoms with van der Waals surface area (Å²) in [5.41, 5.74) is 1.20. The maximum absolute atomic E-state index is 13.8. The lowest BCUT2D eigenvalue weighted by molar-refractivity contribution is -0.117. The van der Waals surface area contributed by atoms with Crippen LogP contribution in [0.3, 0.4) is 0 Å². The molecule has 25 heavy (non-hydrogen) atoms. The highest BCUT2D eigenvalue weighted by molar-refractivity contribution is 7.96. The van der Waals surface area contributed by atoms with Crippen molar-refractivity contribution < 1.29 is 9.18 Å². The lowest BCUT2D eigenvalue weighted by atomic mass is 9.94. The van der Waals surface area contributed by atoms with Crippen molar-refractivity contribution in [3.05, 3.63) is 48.4 Å². The second-order valence-electron chi connectivity index (χ2n) is 6.22. The number of carbonyl (C=O) groups is 1. The zero-order chi connectivity index (χ0) is 17.6. The molecule has 0 atom stereocenters. The molecule has 1 N–H and O–H groups in total. The van der Waals surface area contributed by atoms with E-state index < -0.39 is 0 Å². The zero-order valence-electron chi connectivity index (χ0n) is 14.2. The Labute approximate surface area is 152 Å². The van der Waals surface area contributed by atoms with Crippen LogP contribution in [0.15, 0.2) is 42.6 Å². The third-order valence-corrected chi connectivity index (χ3v) is 5.40. The maximum atomic E-state index is 13.8. The number of anilines is 1. The van der Waals surface area contributed by atoms with Gasteiger partial charge in [-0.15, -0.1) is 0 Å². The first-order valence-electron chi connectivity index (χ1n) is 8.45. The van der Waals surface area contributed by atoms with Gasteiger partial charge in [0.25, 0.3) is 0 Å². The Kier molecular flexibility index (Phi) is 6.04. The first kappa shape index (κ1) is 17.9. The Hall–Kier alpha value is -1.92. The van der Waals surface area contributed by atoms with Gasteiger partial charge in [-0.2, -0.15) is 0 Å². The third-order valence-electron chi connectivity index (χ3n) is 4.52. The summed E-state index contributed by atoms with van der Waals surface area (Å²) in [4.78, 5) is 16.5. The van der Waals surface area contributed by atoms with Crippen molar-refractivity contribution in [2.45, 2.75) is 19.3 Å². The summed E-state index contributed by atoms with van der Waals surface area (Å²) in [5, 5.41) is 2.85. The van der Waals surface area contributed by atoms with Crippen LogP contribution < -0.4 is 5.32 Å². The lowest BCUT2D eigenvalue weighted by Gasteiger charge is -2.29. The van der Waals surface area contributed by atoms with Gasteiger partial charge in [-0.1, -0.05) is 30.1 Å². The van der Waals surface area contributed by atoms with Crippen molar-refractivity contribution in [1.82, 2.24) is 9.29 Å². The molecule has 1 aromatic carbocycles. The number of carbonyl (C=O) groups excluding carboxylic acids is 1. The van der Waals surface area contributed by atoms with Gasteiger partial charge in [0.1, 0.15) is 11.6 Å². The molecule has 0 spiro atoms. The molecule has 1 aliphatic heterocycles. The molecular weight excluding hydrogens is 337 g/mol. The summed E-state index contributed by atoms with van der Waals surface area (Å²) in [6.07, 6.45) is 6.30. The molecule has 0 bridgehead atoms. The van der Waals surface area contributed by atoms with Gasteiger partial charge in [-0.05, 0) is 43.2 Å². The van der Waals surface area contributed by atoms with Gasteiger partial charge < -0.3 is 5.32 Å². The molecule has 132 valence electrons. The summed E-state index contributed by atoms with van der Waals surface area (Å²) < 4.78 is 16.1. The molecule has 1 aliphatic rings. The fourth-order valence-electron chi connectivity index (χ4n) is 3.07. The minimum atomic E-state index is -0.280. The predicted octanol–water partition coefficient (Wildman–Crippen LogP) is 4.21. The average molecular weight is 359 g/mol. The van der Waals surface area contributed by atoms with E-state index in [1.807, 2.05) is 0 Å². The van der Waals surface area contributed by atoms with Crippen molar-refractivity contribution in [2.24, 2.45) is 5.92 Å². The molecule has 4 nitrogen and oxygen atoms in total. The fourth-order valence-corrected chi connectivity index (χ4v) is 3.65. The van der Waals surface area contributed by atoms with Gasteiger partial charge in [0, 0.05) is 36.8 Å². The van der Waals surface area contributed by atoms with Crippen LogP contribution in [0.4, 0.5) is 10.2 Å². The number of amides is 1. The topological polar surface area (TPSA) is 45.2 Å². The number of pyridine rings is 1. The summed E-state index contributed by atoms with van der Waals surface area (Å²) in [6.45, 7) is 2.07. The Morgan fingerprint density at radius 1 is 1.28 bits per heavy atom. The molecule has 6 heteroatoms. The summed E-state index contributed by atoms with van der Waals surface area (Å²) >= 11 is 1.77. The monoisotopic (exact) mass is 359 g/mol. The minimum absolute atomic E-state index is 0.00579. The van der Waals surface area contributed by atoms with Gasteiger partial charge in [-0.3, -0.25) is 9.10 Å². The van der Waals surface area contributed by atoms with Crippen LogP contribution in [0.1, 0.15) is 19.3 Å². The number of benzene rings is 1. The van der Waals surface area contributed by atoms with Gasteiger partial charge >= 0.3 is 0 Å². The summed E-state index contributed by atoms with van der Waals surface area (Å²) in [6, 6.07) is 10.1. The van der Waals surface area contributed by atoms with Crippen LogP contribution in [0.2, 0.25) is 0 Å². The molecule has 2 heterocycles. The number of halogens is 1. The Balaban J connectivity index is 1.55. The molecule has 0 aliphatic carbocycles. The van der Waals surface area contributed by atoms with Crippen molar-refractivity contribution in [1.29, 1.82) is 0 Å². The van der Waals surface area contributed by atoms with Crippen molar-refractivity contribution in [3.63, 3.8) is 0 Å². The van der Waals surface area contributed by atoms with E-state index in [1.54, 1.807) is 48.5 Å². The molecule has 1 fully saturated rings. The van der Waals surface area contributed by atoms with E-state index in [-0.39, 0.29) is 11.7 Å². The molecule has 2 aromatic rings. The van der Waals surface area contributed by atoms with E-state index in [0.717, 1.165) is 25.9 Å². The van der Waals surface area contributed by atoms with E-state index >= 15 is 0 Å². The van der Waals surface area contributed by atoms with E-state index in [4.69, 9.17) is 0 Å². The van der Waals surface area contributed by atoms with Gasteiger partial charge in [0.05, 0.1) is 0 Å². The Morgan fingerprint density at radius 2 is 2.04 bits per heavy atom. The fraction of sp³-hybridized carbons (Fsp3) is 0.368. The highest BCUT2D eigenvalue weighted by Gasteiger charge is 2.21. The van der Waals surface area contributed by atoms with Crippen LogP contribution in [0.5, 0.6) is 0 Å². The minimum Gasteiger partial charge on any atom is -0.311 e. The van der Waals surface area contributed by atoms with Crippen molar-refractivity contribution in [2.75, 3.05) is 24.7 Å². The number of rotatable bonds is 5. The van der Waals surface area contributed by atoms with E-state index in [1.165, 1.54) is 6.07 Å². The van der Waals surface area contributed by atoms with E-state index in [2.05, 4.69) is 20.9 Å². The normalized spacial score (nSPS) is 15.9. The molecule has 0 radical (unpaired) electrons. The van der Waals surface area contributed by atoms with Crippen molar-refractivity contribution >= 4 is 23.7 Å². The molecule has 1 aromatic heterocycles.